The number of H-pyrrole nitrogens is 2. The number of hydrogen-bond acceptors (Lipinski definition) is 23. The zero-order valence-electron chi connectivity index (χ0n) is 73.3. The number of aliphatic hydroxyl groups is 2. The van der Waals surface area contributed by atoms with Crippen molar-refractivity contribution in [2.24, 2.45) is 69.6 Å². The number of nitrogens with two attached hydrogens (primary N) is 2. The van der Waals surface area contributed by atoms with Crippen LogP contribution in [0.4, 0.5) is 0 Å². The standard InChI is InChI=1S/C85H133N19O20S/c1-47(2)32-62(81(122)97-60(77(87)118)21-31-125-9)98-82(123)64(36-54-39-88-46-92-54)96-70(110)41-91-83(124)76(48(3)4)100-78(119)50(6)93-80(121)63(33-51-38-89-59-13-11-10-12-55(51)59)99-79(120)61(17-18-67(86)107)95-68(108)19-14-49(5)56-15-16-57-75-58(37-66(106)85(56,57)8)84(7)22-20-53(34-52(84)35-65(75)105)94-69(109)40-90-71(111)42-101-23-25-102(43-72(112)113)27-29-104(45-74(116)117)30-28-103(26-24-101)44-73(114)115/h10-13,38-39,46-50,52-53,56-58,60-66,75-76,89,105-106H,14-37,40-45H2,1-9H3,(H2,86,107)(H2,87,118)(H,88,92)(H,90,111)(H,91,124)(H,93,121)(H,94,109)(H,95,108)(H,96,110)(H,97,122)(H,98,123)(H,99,120)(H,100,119)(H,112,113)(H,114,115)(H,116,117)/t49-,50+,52+,53+,56-,57?,58?,60+,61+,62+,63+,64+,65-,66+,75?,76+,84+,85-/m1/s1. The van der Waals surface area contributed by atoms with Gasteiger partial charge in [-0.15, -0.1) is 0 Å². The van der Waals surface area contributed by atoms with Gasteiger partial charge in [-0.1, -0.05) is 66.7 Å². The first kappa shape index (κ1) is 101. The van der Waals surface area contributed by atoms with Gasteiger partial charge < -0.3 is 100 Å². The van der Waals surface area contributed by atoms with Gasteiger partial charge in [0.25, 0.3) is 0 Å². The molecule has 5 aliphatic rings. The third-order valence-electron chi connectivity index (χ3n) is 26.3. The first-order chi connectivity index (χ1) is 59.1. The van der Waals surface area contributed by atoms with Crippen LogP contribution in [0.5, 0.6) is 0 Å². The molecule has 0 spiro atoms. The highest BCUT2D eigenvalue weighted by Crippen LogP contribution is 2.68. The Bertz CT molecular complexity index is 4200. The maximum Gasteiger partial charge on any atom is 0.317 e. The third-order valence-corrected chi connectivity index (χ3v) is 26.9. The van der Waals surface area contributed by atoms with E-state index in [1.807, 2.05) is 45.2 Å². The zero-order chi connectivity index (χ0) is 91.7. The van der Waals surface area contributed by atoms with Gasteiger partial charge in [-0.05, 0) is 159 Å². The van der Waals surface area contributed by atoms with E-state index in [9.17, 15) is 97.5 Å². The molecule has 18 atom stereocenters. The quantitative estimate of drug-likeness (QED) is 0.0306. The molecule has 0 bridgehead atoms. The summed E-state index contributed by atoms with van der Waals surface area (Å²) < 4.78 is 0. The molecule has 21 N–H and O–H groups in total. The lowest BCUT2D eigenvalue weighted by Gasteiger charge is -2.63. The van der Waals surface area contributed by atoms with Gasteiger partial charge >= 0.3 is 17.9 Å². The second-order valence-corrected chi connectivity index (χ2v) is 36.9. The lowest BCUT2D eigenvalue weighted by Crippen LogP contribution is -2.63. The maximum absolute atomic E-state index is 14.7. The molecular formula is C85H133N19O20S. The van der Waals surface area contributed by atoms with E-state index in [2.05, 4.69) is 82.0 Å². The summed E-state index contributed by atoms with van der Waals surface area (Å²) in [5.74, 6) is -12.3. The van der Waals surface area contributed by atoms with Crippen LogP contribution in [-0.4, -0.2) is 313 Å². The predicted molar refractivity (Wildman–Crippen MR) is 461 cm³/mol. The van der Waals surface area contributed by atoms with E-state index in [-0.39, 0.29) is 183 Å². The van der Waals surface area contributed by atoms with E-state index in [0.717, 1.165) is 23.7 Å². The van der Waals surface area contributed by atoms with Crippen LogP contribution >= 0.6 is 11.8 Å². The van der Waals surface area contributed by atoms with Crippen molar-refractivity contribution in [2.45, 2.75) is 212 Å². The highest BCUT2D eigenvalue weighted by atomic mass is 32.2. The summed E-state index contributed by atoms with van der Waals surface area (Å²) >= 11 is 1.46. The lowest BCUT2D eigenvalue weighted by molar-refractivity contribution is -0.202. The summed E-state index contributed by atoms with van der Waals surface area (Å²) in [5, 5.41) is 81.6. The first-order valence-corrected chi connectivity index (χ1v) is 45.0. The number of primary amides is 2. The average molecular weight is 1770 g/mol. The first-order valence-electron chi connectivity index (χ1n) is 43.6. The number of amides is 12. The van der Waals surface area contributed by atoms with Crippen LogP contribution < -0.4 is 64.6 Å². The molecule has 1 saturated heterocycles. The predicted octanol–water partition coefficient (Wildman–Crippen LogP) is -1.49. The number of carboxylic acids is 3. The molecule has 3 aromatic rings. The topological polar surface area (TPSA) is 587 Å². The molecule has 8 rings (SSSR count). The van der Waals surface area contributed by atoms with Crippen molar-refractivity contribution in [2.75, 3.05) is 104 Å². The number of fused-ring (bicyclic) bond motifs is 6. The number of carboxylic acid groups (broad SMARTS) is 3. The van der Waals surface area contributed by atoms with Gasteiger partial charge in [0.1, 0.15) is 42.3 Å². The van der Waals surface area contributed by atoms with Crippen LogP contribution in [0.25, 0.3) is 10.9 Å². The van der Waals surface area contributed by atoms with E-state index < -0.39 is 161 Å². The molecule has 3 heterocycles. The van der Waals surface area contributed by atoms with Gasteiger partial charge in [0, 0.05) is 107 Å². The van der Waals surface area contributed by atoms with Gasteiger partial charge in [0.2, 0.25) is 70.9 Å². The second kappa shape index (κ2) is 47.1. The van der Waals surface area contributed by atoms with Gasteiger partial charge in [-0.25, -0.2) is 4.98 Å². The van der Waals surface area contributed by atoms with Crippen LogP contribution in [0.2, 0.25) is 0 Å². The second-order valence-electron chi connectivity index (χ2n) is 36.0. The monoisotopic (exact) mass is 1770 g/mol. The summed E-state index contributed by atoms with van der Waals surface area (Å²) in [5.41, 5.74) is 12.0. The van der Waals surface area contributed by atoms with Gasteiger partial charge in [-0.2, -0.15) is 11.8 Å². The number of imidazole rings is 1. The van der Waals surface area contributed by atoms with Gasteiger partial charge in [0.15, 0.2) is 0 Å². The molecule has 1 aromatic carbocycles. The molecule has 40 heteroatoms. The number of aromatic nitrogens is 3. The number of carbonyl (C=O) groups excluding carboxylic acids is 12. The van der Waals surface area contributed by atoms with Crippen molar-refractivity contribution < 1.29 is 97.5 Å². The average Bonchev–Trinajstić information content (AvgIpc) is 1.60. The molecule has 4 aliphatic carbocycles. The number of carbonyl (C=O) groups is 15. The Labute approximate surface area is 733 Å². The van der Waals surface area contributed by atoms with Crippen molar-refractivity contribution in [1.29, 1.82) is 0 Å². The van der Waals surface area contributed by atoms with Crippen LogP contribution in [0.3, 0.4) is 0 Å². The Morgan fingerprint density at radius 1 is 0.568 bits per heavy atom. The van der Waals surface area contributed by atoms with Crippen molar-refractivity contribution in [3.63, 3.8) is 0 Å². The number of aliphatic carboxylic acids is 3. The summed E-state index contributed by atoms with van der Waals surface area (Å²) in [7, 11) is 0. The van der Waals surface area contributed by atoms with Gasteiger partial charge in [-0.3, -0.25) is 91.5 Å². The normalized spacial score (nSPS) is 24.6. The Balaban J connectivity index is 0.844. The fourth-order valence-electron chi connectivity index (χ4n) is 19.5. The molecule has 3 unspecified atom stereocenters. The molecule has 0 radical (unpaired) electrons. The molecule has 39 nitrogen and oxygen atoms in total. The smallest absolute Gasteiger partial charge is 0.317 e. The van der Waals surface area contributed by atoms with Gasteiger partial charge in [0.05, 0.1) is 63.5 Å². The fraction of sp³-hybridized carbons (Fsp3) is 0.694. The number of benzene rings is 1. The molecule has 125 heavy (non-hydrogen) atoms. The lowest BCUT2D eigenvalue weighted by atomic mass is 9.43. The van der Waals surface area contributed by atoms with E-state index in [0.29, 0.717) is 55.5 Å². The Morgan fingerprint density at radius 3 is 1.72 bits per heavy atom. The van der Waals surface area contributed by atoms with E-state index >= 15 is 0 Å². The van der Waals surface area contributed by atoms with E-state index in [1.165, 1.54) is 31.2 Å². The molecule has 5 fully saturated rings. The summed E-state index contributed by atoms with van der Waals surface area (Å²) in [4.78, 5) is 217. The minimum Gasteiger partial charge on any atom is -0.480 e. The largest absolute Gasteiger partial charge is 0.480 e. The summed E-state index contributed by atoms with van der Waals surface area (Å²) in [6.07, 6.45) is 9.03. The number of aromatic amines is 2. The molecule has 1 aliphatic heterocycles. The Morgan fingerprint density at radius 2 is 1.14 bits per heavy atom. The number of nitrogens with zero attached hydrogens (tertiary/aromatic N) is 5. The van der Waals surface area contributed by atoms with Crippen LogP contribution in [0, 0.1) is 58.2 Å². The summed E-state index contributed by atoms with van der Waals surface area (Å²) in [6, 6.07) is -1.94. The Hall–Kier alpha value is -9.87. The van der Waals surface area contributed by atoms with Crippen molar-refractivity contribution >= 4 is 111 Å². The fourth-order valence-corrected chi connectivity index (χ4v) is 19.9. The molecule has 694 valence electrons. The minimum atomic E-state index is -1.42. The minimum absolute atomic E-state index is 0.00739. The summed E-state index contributed by atoms with van der Waals surface area (Å²) in [6.45, 7) is 14.3. The molecule has 2 aromatic heterocycles. The van der Waals surface area contributed by atoms with Crippen molar-refractivity contribution in [3.8, 4) is 0 Å². The maximum atomic E-state index is 14.7. The molecule has 4 saturated carbocycles. The van der Waals surface area contributed by atoms with Crippen LogP contribution in [0.1, 0.15) is 150 Å². The van der Waals surface area contributed by atoms with E-state index in [1.54, 1.807) is 45.7 Å². The number of para-hydroxylation sites is 1. The molecule has 12 amide bonds. The third kappa shape index (κ3) is 29.1. The number of rotatable bonds is 44. The van der Waals surface area contributed by atoms with E-state index in [4.69, 9.17) is 11.5 Å². The van der Waals surface area contributed by atoms with Crippen LogP contribution in [0.15, 0.2) is 43.0 Å². The Kier molecular flexibility index (Phi) is 37.9. The highest BCUT2D eigenvalue weighted by Gasteiger charge is 2.66. The van der Waals surface area contributed by atoms with Crippen LogP contribution in [-0.2, 0) is 84.8 Å². The number of hydrogen-bond donors (Lipinski definition) is 19. The molecular weight excluding hydrogens is 1640 g/mol. The zero-order valence-corrected chi connectivity index (χ0v) is 74.1. The number of aliphatic hydroxyl groups excluding tert-OH is 2. The SMILES string of the molecule is CSCC[C@H](NC(=O)[C@H](CC(C)C)NC(=O)[C@H](Cc1c[nH]cn1)NC(=O)CNC(=O)[C@@H](NC(=O)[C@H](C)NC(=O)[C@H](Cc1c[nH]c2ccccc12)NC(=O)[C@H](CCC(N)=O)NC(=O)CC[C@@H](C)[C@H]1CCC2C3C(C[C@H](O)[C@@]21C)[C@@]1(C)CC[C@H](NC(=O)CNC(=O)CN2CCN(CC(=O)O)CCN(CC(=O)O)CCN(CC(=O)O)CC2)C[C@H]1C[C@H]3O)C(C)C)C(N)=O. The highest BCUT2D eigenvalue weighted by molar-refractivity contribution is 7.98. The number of thioether (sulfide) groups is 1. The number of nitrogens with one attached hydrogen (secondary N) is 12. The van der Waals surface area contributed by atoms with Crippen molar-refractivity contribution in [1.82, 2.24) is 87.7 Å². The van der Waals surface area contributed by atoms with Crippen molar-refractivity contribution in [3.05, 3.63) is 54.2 Å².